The summed E-state index contributed by atoms with van der Waals surface area (Å²) in [6.45, 7) is 4.04. The zero-order chi connectivity index (χ0) is 13.1. The van der Waals surface area contributed by atoms with E-state index in [1.165, 1.54) is 0 Å². The lowest BCUT2D eigenvalue weighted by molar-refractivity contribution is 0.0695. The molecule has 0 amide bonds. The summed E-state index contributed by atoms with van der Waals surface area (Å²) in [5, 5.41) is 12.1. The molecule has 0 unspecified atom stereocenters. The summed E-state index contributed by atoms with van der Waals surface area (Å²) in [4.78, 5) is 14.9. The Kier molecular flexibility index (Phi) is 3.32. The smallest absolute Gasteiger partial charge is 0.339 e. The Morgan fingerprint density at radius 3 is 2.89 bits per heavy atom. The number of aryl methyl sites for hydroxylation is 2. The Bertz CT molecular complexity index is 575. The van der Waals surface area contributed by atoms with Gasteiger partial charge in [-0.15, -0.1) is 0 Å². The molecule has 2 rings (SSSR count). The van der Waals surface area contributed by atoms with Crippen molar-refractivity contribution in [2.45, 2.75) is 20.4 Å². The molecule has 2 heterocycles. The minimum Gasteiger partial charge on any atom is -0.478 e. The average Bonchev–Trinajstić information content (AvgIpc) is 2.70. The second kappa shape index (κ2) is 4.91. The fraction of sp³-hybridized carbons (Fsp3) is 0.231. The molecule has 94 valence electrons. The average molecular weight is 246 g/mol. The van der Waals surface area contributed by atoms with Gasteiger partial charge in [0.15, 0.2) is 0 Å². The minimum absolute atomic E-state index is 0.207. The molecule has 2 N–H and O–H groups in total. The lowest BCUT2D eigenvalue weighted by Gasteiger charge is -2.06. The van der Waals surface area contributed by atoms with E-state index in [4.69, 9.17) is 9.52 Å². The van der Waals surface area contributed by atoms with Gasteiger partial charge in [-0.2, -0.15) is 0 Å². The van der Waals surface area contributed by atoms with E-state index in [0.29, 0.717) is 18.1 Å². The van der Waals surface area contributed by atoms with Gasteiger partial charge in [-0.3, -0.25) is 4.98 Å². The minimum atomic E-state index is -0.970. The summed E-state index contributed by atoms with van der Waals surface area (Å²) in [6, 6.07) is 3.41. The molecule has 0 aromatic carbocycles. The second-order valence-corrected chi connectivity index (χ2v) is 4.03. The Morgan fingerprint density at radius 1 is 1.50 bits per heavy atom. The molecule has 0 bridgehead atoms. The van der Waals surface area contributed by atoms with Crippen LogP contribution < -0.4 is 5.32 Å². The Labute approximate surface area is 104 Å². The van der Waals surface area contributed by atoms with Crippen LogP contribution in [0.15, 0.2) is 28.9 Å². The number of aromatic nitrogens is 1. The highest BCUT2D eigenvalue weighted by Gasteiger charge is 2.13. The number of hydrogen-bond acceptors (Lipinski definition) is 4. The number of carboxylic acids is 1. The molecular formula is C13H14N2O3. The van der Waals surface area contributed by atoms with Crippen molar-refractivity contribution in [3.05, 3.63) is 47.2 Å². The van der Waals surface area contributed by atoms with Gasteiger partial charge in [-0.1, -0.05) is 0 Å². The van der Waals surface area contributed by atoms with E-state index in [-0.39, 0.29) is 5.56 Å². The molecule has 0 saturated heterocycles. The highest BCUT2D eigenvalue weighted by atomic mass is 16.4. The molecule has 2 aromatic rings. The highest BCUT2D eigenvalue weighted by molar-refractivity contribution is 5.88. The van der Waals surface area contributed by atoms with Crippen molar-refractivity contribution in [1.29, 1.82) is 0 Å². The molecule has 0 atom stereocenters. The summed E-state index contributed by atoms with van der Waals surface area (Å²) >= 11 is 0. The Balaban J connectivity index is 2.09. The van der Waals surface area contributed by atoms with Crippen LogP contribution in [0.5, 0.6) is 0 Å². The number of hydrogen-bond donors (Lipinski definition) is 2. The van der Waals surface area contributed by atoms with Crippen LogP contribution in [0, 0.1) is 13.8 Å². The van der Waals surface area contributed by atoms with Crippen LogP contribution in [-0.2, 0) is 6.54 Å². The van der Waals surface area contributed by atoms with Crippen molar-refractivity contribution in [3.63, 3.8) is 0 Å². The third-order valence-corrected chi connectivity index (χ3v) is 2.67. The van der Waals surface area contributed by atoms with Crippen molar-refractivity contribution < 1.29 is 14.3 Å². The number of nitrogens with one attached hydrogen (secondary N) is 1. The summed E-state index contributed by atoms with van der Waals surface area (Å²) in [6.07, 6.45) is 3.46. The highest BCUT2D eigenvalue weighted by Crippen LogP contribution is 2.17. The summed E-state index contributed by atoms with van der Waals surface area (Å²) < 4.78 is 5.38. The molecule has 0 fully saturated rings. The van der Waals surface area contributed by atoms with Crippen LogP contribution in [0.3, 0.4) is 0 Å². The van der Waals surface area contributed by atoms with Gasteiger partial charge in [0.25, 0.3) is 0 Å². The van der Waals surface area contributed by atoms with Gasteiger partial charge in [-0.05, 0) is 31.5 Å². The first-order valence-electron chi connectivity index (χ1n) is 5.55. The van der Waals surface area contributed by atoms with Gasteiger partial charge < -0.3 is 14.8 Å². The quantitative estimate of drug-likeness (QED) is 0.867. The van der Waals surface area contributed by atoms with Crippen molar-refractivity contribution in [1.82, 2.24) is 4.98 Å². The van der Waals surface area contributed by atoms with Crippen molar-refractivity contribution >= 4 is 11.7 Å². The maximum absolute atomic E-state index is 10.9. The number of carbonyl (C=O) groups is 1. The first kappa shape index (κ1) is 12.2. The topological polar surface area (TPSA) is 75.4 Å². The van der Waals surface area contributed by atoms with Crippen molar-refractivity contribution in [3.8, 4) is 0 Å². The molecule has 2 aromatic heterocycles. The number of carboxylic acid groups (broad SMARTS) is 1. The molecule has 5 nitrogen and oxygen atoms in total. The molecule has 0 radical (unpaired) electrons. The van der Waals surface area contributed by atoms with Crippen LogP contribution in [0.2, 0.25) is 0 Å². The number of rotatable bonds is 4. The van der Waals surface area contributed by atoms with Gasteiger partial charge in [0.2, 0.25) is 0 Å². The van der Waals surface area contributed by atoms with Gasteiger partial charge in [0, 0.05) is 18.1 Å². The standard InChI is InChI=1S/C13H14N2O3/c1-8-6-14-4-3-12(8)15-7-10-5-11(13(16)17)9(2)18-10/h3-6H,7H2,1-2H3,(H,14,15)(H,16,17). The molecule has 0 spiro atoms. The number of furan rings is 1. The summed E-state index contributed by atoms with van der Waals surface area (Å²) in [7, 11) is 0. The Morgan fingerprint density at radius 2 is 2.28 bits per heavy atom. The monoisotopic (exact) mass is 246 g/mol. The predicted molar refractivity (Wildman–Crippen MR) is 66.7 cm³/mol. The molecule has 5 heteroatoms. The lowest BCUT2D eigenvalue weighted by Crippen LogP contribution is -2.00. The van der Waals surface area contributed by atoms with Crippen LogP contribution in [0.1, 0.15) is 27.4 Å². The van der Waals surface area contributed by atoms with Crippen LogP contribution in [-0.4, -0.2) is 16.1 Å². The number of anilines is 1. The molecular weight excluding hydrogens is 232 g/mol. The van der Waals surface area contributed by atoms with Crippen molar-refractivity contribution in [2.24, 2.45) is 0 Å². The molecule has 0 aliphatic carbocycles. The third kappa shape index (κ3) is 2.51. The SMILES string of the molecule is Cc1cnccc1NCc1cc(C(=O)O)c(C)o1. The summed E-state index contributed by atoms with van der Waals surface area (Å²) in [5.41, 5.74) is 2.19. The first-order chi connectivity index (χ1) is 8.58. The fourth-order valence-electron chi connectivity index (χ4n) is 1.70. The van der Waals surface area contributed by atoms with Gasteiger partial charge in [-0.25, -0.2) is 4.79 Å². The van der Waals surface area contributed by atoms with E-state index < -0.39 is 5.97 Å². The van der Waals surface area contributed by atoms with Crippen molar-refractivity contribution in [2.75, 3.05) is 5.32 Å². The maximum Gasteiger partial charge on any atom is 0.339 e. The zero-order valence-corrected chi connectivity index (χ0v) is 10.2. The van der Waals surface area contributed by atoms with E-state index in [0.717, 1.165) is 11.3 Å². The predicted octanol–water partition coefficient (Wildman–Crippen LogP) is 2.60. The van der Waals surface area contributed by atoms with E-state index in [2.05, 4.69) is 10.3 Å². The van der Waals surface area contributed by atoms with Gasteiger partial charge in [0.05, 0.1) is 6.54 Å². The van der Waals surface area contributed by atoms with Crippen LogP contribution in [0.25, 0.3) is 0 Å². The largest absolute Gasteiger partial charge is 0.478 e. The molecule has 0 saturated carbocycles. The Hall–Kier alpha value is -2.30. The molecule has 0 aliphatic heterocycles. The molecule has 18 heavy (non-hydrogen) atoms. The second-order valence-electron chi connectivity index (χ2n) is 4.03. The molecule has 0 aliphatic rings. The van der Waals surface area contributed by atoms with Crippen LogP contribution >= 0.6 is 0 Å². The number of pyridine rings is 1. The zero-order valence-electron chi connectivity index (χ0n) is 10.2. The van der Waals surface area contributed by atoms with Gasteiger partial charge in [0.1, 0.15) is 17.1 Å². The lowest BCUT2D eigenvalue weighted by atomic mass is 10.2. The maximum atomic E-state index is 10.9. The summed E-state index contributed by atoms with van der Waals surface area (Å²) in [5.74, 6) is 0.0504. The first-order valence-corrected chi connectivity index (χ1v) is 5.55. The number of nitrogens with zero attached hydrogens (tertiary/aromatic N) is 1. The number of aromatic carboxylic acids is 1. The van der Waals surface area contributed by atoms with E-state index >= 15 is 0 Å². The third-order valence-electron chi connectivity index (χ3n) is 2.67. The van der Waals surface area contributed by atoms with Gasteiger partial charge >= 0.3 is 5.97 Å². The fourth-order valence-corrected chi connectivity index (χ4v) is 1.70. The van der Waals surface area contributed by atoms with Crippen LogP contribution in [0.4, 0.5) is 5.69 Å². The van der Waals surface area contributed by atoms with E-state index in [1.807, 2.05) is 13.0 Å². The van der Waals surface area contributed by atoms with E-state index in [9.17, 15) is 4.79 Å². The normalized spacial score (nSPS) is 10.3. The van der Waals surface area contributed by atoms with E-state index in [1.54, 1.807) is 25.4 Å².